The first-order valence-electron chi connectivity index (χ1n) is 5.43. The van der Waals surface area contributed by atoms with Gasteiger partial charge in [0.05, 0.1) is 32.5 Å². The lowest BCUT2D eigenvalue weighted by Gasteiger charge is -2.34. The van der Waals surface area contributed by atoms with Crippen LogP contribution in [0.25, 0.3) is 0 Å². The lowest BCUT2D eigenvalue weighted by Crippen LogP contribution is -2.53. The van der Waals surface area contributed by atoms with Crippen molar-refractivity contribution in [2.45, 2.75) is 6.04 Å². The van der Waals surface area contributed by atoms with Gasteiger partial charge in [-0.15, -0.1) is 0 Å². The van der Waals surface area contributed by atoms with Gasteiger partial charge in [0, 0.05) is 20.2 Å². The van der Waals surface area contributed by atoms with Crippen LogP contribution in [0.5, 0.6) is 0 Å². The summed E-state index contributed by atoms with van der Waals surface area (Å²) >= 11 is 0. The first-order chi connectivity index (χ1) is 7.79. The third kappa shape index (κ3) is 4.05. The van der Waals surface area contributed by atoms with Gasteiger partial charge in [0.1, 0.15) is 6.61 Å². The Morgan fingerprint density at radius 1 is 1.56 bits per heavy atom. The zero-order chi connectivity index (χ0) is 11.8. The number of morpholine rings is 1. The second-order valence-corrected chi connectivity index (χ2v) is 3.60. The zero-order valence-corrected chi connectivity index (χ0v) is 9.68. The maximum absolute atomic E-state index is 11.8. The van der Waals surface area contributed by atoms with E-state index in [1.54, 1.807) is 12.0 Å². The highest BCUT2D eigenvalue weighted by atomic mass is 16.5. The van der Waals surface area contributed by atoms with E-state index >= 15 is 0 Å². The molecule has 0 aliphatic carbocycles. The van der Waals surface area contributed by atoms with Crippen LogP contribution in [0.15, 0.2) is 0 Å². The van der Waals surface area contributed by atoms with Gasteiger partial charge in [-0.05, 0) is 0 Å². The number of nitrogens with zero attached hydrogens (tertiary/aromatic N) is 1. The van der Waals surface area contributed by atoms with Crippen molar-refractivity contribution in [1.29, 1.82) is 0 Å². The molecule has 0 saturated carbocycles. The number of carbonyl (C=O) groups excluding carboxylic acids is 1. The smallest absolute Gasteiger partial charge is 0.249 e. The van der Waals surface area contributed by atoms with Crippen LogP contribution in [0.2, 0.25) is 0 Å². The van der Waals surface area contributed by atoms with Crippen LogP contribution in [0.3, 0.4) is 0 Å². The van der Waals surface area contributed by atoms with Crippen LogP contribution in [0, 0.1) is 0 Å². The topological polar surface area (TPSA) is 74.0 Å². The molecular formula is C10H20N2O4. The number of hydrogen-bond acceptors (Lipinski definition) is 5. The van der Waals surface area contributed by atoms with E-state index in [-0.39, 0.29) is 18.6 Å². The van der Waals surface area contributed by atoms with Crippen LogP contribution >= 0.6 is 0 Å². The number of amides is 1. The summed E-state index contributed by atoms with van der Waals surface area (Å²) in [6.45, 7) is 3.11. The Balaban J connectivity index is 2.27. The minimum atomic E-state index is -0.0325. The van der Waals surface area contributed by atoms with E-state index in [4.69, 9.17) is 19.9 Å². The molecule has 1 amide bonds. The summed E-state index contributed by atoms with van der Waals surface area (Å²) in [7, 11) is 1.59. The van der Waals surface area contributed by atoms with Crippen LogP contribution in [0.4, 0.5) is 0 Å². The second kappa shape index (κ2) is 7.56. The summed E-state index contributed by atoms with van der Waals surface area (Å²) < 4.78 is 15.3. The van der Waals surface area contributed by atoms with Gasteiger partial charge in [-0.25, -0.2) is 0 Å². The predicted octanol–water partition coefficient (Wildman–Crippen LogP) is -1.16. The van der Waals surface area contributed by atoms with Gasteiger partial charge in [0.25, 0.3) is 0 Å². The third-order valence-corrected chi connectivity index (χ3v) is 2.48. The molecule has 16 heavy (non-hydrogen) atoms. The van der Waals surface area contributed by atoms with Gasteiger partial charge in [-0.2, -0.15) is 0 Å². The summed E-state index contributed by atoms with van der Waals surface area (Å²) in [6, 6.07) is -0.0210. The SMILES string of the molecule is COCCOCC(=O)N1CCOCC1CN. The summed E-state index contributed by atoms with van der Waals surface area (Å²) in [5.41, 5.74) is 5.57. The van der Waals surface area contributed by atoms with Gasteiger partial charge in [0.2, 0.25) is 5.91 Å². The van der Waals surface area contributed by atoms with E-state index in [0.29, 0.717) is 39.5 Å². The van der Waals surface area contributed by atoms with Crippen molar-refractivity contribution in [3.8, 4) is 0 Å². The van der Waals surface area contributed by atoms with E-state index < -0.39 is 0 Å². The lowest BCUT2D eigenvalue weighted by atomic mass is 10.2. The number of ether oxygens (including phenoxy) is 3. The van der Waals surface area contributed by atoms with Gasteiger partial charge in [-0.3, -0.25) is 4.79 Å². The van der Waals surface area contributed by atoms with Gasteiger partial charge < -0.3 is 24.8 Å². The Labute approximate surface area is 95.6 Å². The lowest BCUT2D eigenvalue weighted by molar-refractivity contribution is -0.144. The van der Waals surface area contributed by atoms with Crippen LogP contribution in [-0.2, 0) is 19.0 Å². The van der Waals surface area contributed by atoms with E-state index in [0.717, 1.165) is 0 Å². The minimum absolute atomic E-state index is 0.0210. The number of hydrogen-bond donors (Lipinski definition) is 1. The molecule has 2 N–H and O–H groups in total. The van der Waals surface area contributed by atoms with Crippen LogP contribution in [-0.4, -0.2) is 70.1 Å². The molecule has 1 heterocycles. The minimum Gasteiger partial charge on any atom is -0.382 e. The maximum atomic E-state index is 11.8. The van der Waals surface area contributed by atoms with Crippen molar-refractivity contribution in [2.75, 3.05) is 53.2 Å². The Morgan fingerprint density at radius 2 is 2.38 bits per heavy atom. The zero-order valence-electron chi connectivity index (χ0n) is 9.68. The molecule has 1 aliphatic heterocycles. The Hall–Kier alpha value is -0.690. The highest BCUT2D eigenvalue weighted by Crippen LogP contribution is 2.06. The molecule has 0 bridgehead atoms. The monoisotopic (exact) mass is 232 g/mol. The molecule has 0 aromatic carbocycles. The Bertz CT molecular complexity index is 213. The van der Waals surface area contributed by atoms with Crippen molar-refractivity contribution >= 4 is 5.91 Å². The number of nitrogens with two attached hydrogens (primary N) is 1. The molecule has 1 fully saturated rings. The standard InChI is InChI=1S/C10H20N2O4/c1-14-4-5-16-8-10(13)12-2-3-15-7-9(12)6-11/h9H,2-8,11H2,1H3. The summed E-state index contributed by atoms with van der Waals surface area (Å²) in [4.78, 5) is 13.5. The van der Waals surface area contributed by atoms with Gasteiger partial charge in [0.15, 0.2) is 0 Å². The fourth-order valence-corrected chi connectivity index (χ4v) is 1.56. The average Bonchev–Trinajstić information content (AvgIpc) is 2.34. The first-order valence-corrected chi connectivity index (χ1v) is 5.43. The maximum Gasteiger partial charge on any atom is 0.249 e. The molecule has 0 spiro atoms. The molecule has 1 rings (SSSR count). The second-order valence-electron chi connectivity index (χ2n) is 3.60. The molecule has 1 aliphatic rings. The first kappa shape index (κ1) is 13.4. The average molecular weight is 232 g/mol. The normalized spacial score (nSPS) is 21.1. The molecule has 0 radical (unpaired) electrons. The Kier molecular flexibility index (Phi) is 6.32. The molecule has 6 heteroatoms. The van der Waals surface area contributed by atoms with Gasteiger partial charge >= 0.3 is 0 Å². The van der Waals surface area contributed by atoms with E-state index in [2.05, 4.69) is 0 Å². The van der Waals surface area contributed by atoms with E-state index in [1.807, 2.05) is 0 Å². The fourth-order valence-electron chi connectivity index (χ4n) is 1.56. The molecule has 1 saturated heterocycles. The molecule has 0 aromatic heterocycles. The van der Waals surface area contributed by atoms with Crippen molar-refractivity contribution in [3.63, 3.8) is 0 Å². The fraction of sp³-hybridized carbons (Fsp3) is 0.900. The number of methoxy groups -OCH3 is 1. The van der Waals surface area contributed by atoms with Crippen molar-refractivity contribution < 1.29 is 19.0 Å². The molecule has 6 nitrogen and oxygen atoms in total. The summed E-state index contributed by atoms with van der Waals surface area (Å²) in [5.74, 6) is -0.0325. The van der Waals surface area contributed by atoms with Crippen molar-refractivity contribution in [3.05, 3.63) is 0 Å². The van der Waals surface area contributed by atoms with Crippen LogP contribution < -0.4 is 5.73 Å². The highest BCUT2D eigenvalue weighted by molar-refractivity contribution is 5.77. The predicted molar refractivity (Wildman–Crippen MR) is 58.1 cm³/mol. The van der Waals surface area contributed by atoms with E-state index in [1.165, 1.54) is 0 Å². The molecule has 1 atom stereocenters. The Morgan fingerprint density at radius 3 is 3.06 bits per heavy atom. The van der Waals surface area contributed by atoms with E-state index in [9.17, 15) is 4.79 Å². The van der Waals surface area contributed by atoms with Crippen LogP contribution in [0.1, 0.15) is 0 Å². The molecule has 0 aromatic rings. The quantitative estimate of drug-likeness (QED) is 0.584. The van der Waals surface area contributed by atoms with Crippen molar-refractivity contribution in [2.24, 2.45) is 5.73 Å². The van der Waals surface area contributed by atoms with Gasteiger partial charge in [-0.1, -0.05) is 0 Å². The molecular weight excluding hydrogens is 212 g/mol. The third-order valence-electron chi connectivity index (χ3n) is 2.48. The number of rotatable bonds is 6. The summed E-state index contributed by atoms with van der Waals surface area (Å²) in [5, 5.41) is 0. The number of carbonyl (C=O) groups is 1. The largest absolute Gasteiger partial charge is 0.382 e. The molecule has 94 valence electrons. The molecule has 1 unspecified atom stereocenters. The van der Waals surface area contributed by atoms with Crippen molar-refractivity contribution in [1.82, 2.24) is 4.90 Å². The highest BCUT2D eigenvalue weighted by Gasteiger charge is 2.25. The summed E-state index contributed by atoms with van der Waals surface area (Å²) in [6.07, 6.45) is 0.